The molecule has 1 rings (SSSR count). The number of ether oxygens (including phenoxy) is 2. The molecule has 0 fully saturated rings. The Morgan fingerprint density at radius 3 is 2.82 bits per heavy atom. The van der Waals surface area contributed by atoms with E-state index in [2.05, 4.69) is 0 Å². The molecule has 0 bridgehead atoms. The molecule has 0 aromatic heterocycles. The normalized spacial score (nSPS) is 10.0. The lowest BCUT2D eigenvalue weighted by molar-refractivity contribution is 0.0493. The molecule has 0 aliphatic carbocycles. The number of methoxy groups -OCH3 is 1. The number of rotatable bonds is 6. The predicted octanol–water partition coefficient (Wildman–Crippen LogP) is 1.21. The Kier molecular flexibility index (Phi) is 5.29. The van der Waals surface area contributed by atoms with Gasteiger partial charge in [-0.3, -0.25) is 0 Å². The predicted molar refractivity (Wildman–Crippen MR) is 64.0 cm³/mol. The number of esters is 1. The summed E-state index contributed by atoms with van der Waals surface area (Å²) in [4.78, 5) is 11.7. The highest BCUT2D eigenvalue weighted by Crippen LogP contribution is 2.20. The first-order valence-corrected chi connectivity index (χ1v) is 5.40. The largest absolute Gasteiger partial charge is 0.497 e. The summed E-state index contributed by atoms with van der Waals surface area (Å²) in [7, 11) is 1.52. The average Bonchev–Trinajstić information content (AvgIpc) is 2.35. The van der Waals surface area contributed by atoms with Gasteiger partial charge in [0.1, 0.15) is 5.75 Å². The molecule has 3 N–H and O–H groups in total. The lowest BCUT2D eigenvalue weighted by Gasteiger charge is -2.08. The van der Waals surface area contributed by atoms with Crippen molar-refractivity contribution >= 4 is 11.7 Å². The van der Waals surface area contributed by atoms with Crippen molar-refractivity contribution in [1.29, 1.82) is 0 Å². The minimum absolute atomic E-state index is 0.0961. The van der Waals surface area contributed by atoms with Crippen LogP contribution in [0.2, 0.25) is 0 Å². The van der Waals surface area contributed by atoms with Crippen molar-refractivity contribution in [3.8, 4) is 5.75 Å². The van der Waals surface area contributed by atoms with Crippen LogP contribution in [0.25, 0.3) is 0 Å². The molecule has 0 heterocycles. The monoisotopic (exact) mass is 239 g/mol. The summed E-state index contributed by atoms with van der Waals surface area (Å²) in [5.74, 6) is 0.0841. The number of aliphatic hydroxyl groups is 1. The number of carbonyl (C=O) groups is 1. The third-order valence-corrected chi connectivity index (χ3v) is 2.27. The van der Waals surface area contributed by atoms with Gasteiger partial charge in [-0.1, -0.05) is 0 Å². The first-order valence-electron chi connectivity index (χ1n) is 5.40. The summed E-state index contributed by atoms with van der Waals surface area (Å²) >= 11 is 0. The Bertz CT molecular complexity index is 379. The van der Waals surface area contributed by atoms with Crippen LogP contribution >= 0.6 is 0 Å². The summed E-state index contributed by atoms with van der Waals surface area (Å²) in [6.45, 7) is 0.370. The molecule has 5 heteroatoms. The average molecular weight is 239 g/mol. The highest BCUT2D eigenvalue weighted by Gasteiger charge is 2.12. The number of carbonyl (C=O) groups excluding carboxylic acids is 1. The minimum atomic E-state index is -0.473. The SMILES string of the molecule is COc1ccc(N)c(C(=O)OCCCCO)c1. The number of nitrogen functional groups attached to an aromatic ring is 1. The first kappa shape index (κ1) is 13.3. The van der Waals surface area contributed by atoms with Gasteiger partial charge in [0, 0.05) is 12.3 Å². The molecule has 0 amide bonds. The van der Waals surface area contributed by atoms with Gasteiger partial charge in [0.25, 0.3) is 0 Å². The van der Waals surface area contributed by atoms with Crippen LogP contribution in [0.3, 0.4) is 0 Å². The van der Waals surface area contributed by atoms with Gasteiger partial charge in [0.2, 0.25) is 0 Å². The highest BCUT2D eigenvalue weighted by molar-refractivity contribution is 5.95. The summed E-state index contributed by atoms with van der Waals surface area (Å²) in [5.41, 5.74) is 6.34. The standard InChI is InChI=1S/C12H17NO4/c1-16-9-4-5-11(13)10(8-9)12(15)17-7-3-2-6-14/h4-5,8,14H,2-3,6-7,13H2,1H3. The third kappa shape index (κ3) is 3.96. The van der Waals surface area contributed by atoms with Crippen molar-refractivity contribution in [2.75, 3.05) is 26.1 Å². The molecule has 94 valence electrons. The summed E-state index contributed by atoms with van der Waals surface area (Å²) in [6, 6.07) is 4.82. The molecule has 17 heavy (non-hydrogen) atoms. The lowest BCUT2D eigenvalue weighted by atomic mass is 10.2. The van der Waals surface area contributed by atoms with Crippen LogP contribution in [-0.2, 0) is 4.74 Å². The van der Waals surface area contributed by atoms with E-state index in [-0.39, 0.29) is 13.2 Å². The molecule has 0 aliphatic rings. The number of benzene rings is 1. The molecule has 0 unspecified atom stereocenters. The first-order chi connectivity index (χ1) is 8.19. The van der Waals surface area contributed by atoms with Crippen LogP contribution in [0.5, 0.6) is 5.75 Å². The van der Waals surface area contributed by atoms with Gasteiger partial charge < -0.3 is 20.3 Å². The van der Waals surface area contributed by atoms with E-state index < -0.39 is 5.97 Å². The van der Waals surface area contributed by atoms with Crippen LogP contribution in [0, 0.1) is 0 Å². The van der Waals surface area contributed by atoms with Gasteiger partial charge in [0.15, 0.2) is 0 Å². The topological polar surface area (TPSA) is 81.8 Å². The quantitative estimate of drug-likeness (QED) is 0.443. The van der Waals surface area contributed by atoms with Gasteiger partial charge >= 0.3 is 5.97 Å². The fraction of sp³-hybridized carbons (Fsp3) is 0.417. The molecule has 0 saturated carbocycles. The number of hydrogen-bond donors (Lipinski definition) is 2. The summed E-state index contributed by atoms with van der Waals surface area (Å²) in [5, 5.41) is 8.58. The van der Waals surface area contributed by atoms with E-state index in [9.17, 15) is 4.79 Å². The second kappa shape index (κ2) is 6.75. The van der Waals surface area contributed by atoms with Crippen LogP contribution in [0.15, 0.2) is 18.2 Å². The molecule has 0 atom stereocenters. The van der Waals surface area contributed by atoms with Crippen molar-refractivity contribution < 1.29 is 19.4 Å². The lowest BCUT2D eigenvalue weighted by Crippen LogP contribution is -2.09. The van der Waals surface area contributed by atoms with Gasteiger partial charge in [-0.25, -0.2) is 4.79 Å². The van der Waals surface area contributed by atoms with Crippen molar-refractivity contribution in [1.82, 2.24) is 0 Å². The minimum Gasteiger partial charge on any atom is -0.497 e. The van der Waals surface area contributed by atoms with Crippen molar-refractivity contribution in [3.63, 3.8) is 0 Å². The Balaban J connectivity index is 2.61. The van der Waals surface area contributed by atoms with Gasteiger partial charge in [-0.2, -0.15) is 0 Å². The van der Waals surface area contributed by atoms with E-state index >= 15 is 0 Å². The van der Waals surface area contributed by atoms with Gasteiger partial charge in [-0.05, 0) is 31.0 Å². The van der Waals surface area contributed by atoms with Crippen LogP contribution < -0.4 is 10.5 Å². The molecular formula is C12H17NO4. The van der Waals surface area contributed by atoms with Gasteiger partial charge in [0.05, 0.1) is 19.3 Å². The maximum absolute atomic E-state index is 11.7. The second-order valence-corrected chi connectivity index (χ2v) is 3.52. The fourth-order valence-corrected chi connectivity index (χ4v) is 1.30. The molecular weight excluding hydrogens is 222 g/mol. The maximum atomic E-state index is 11.7. The fourth-order valence-electron chi connectivity index (χ4n) is 1.30. The highest BCUT2D eigenvalue weighted by atomic mass is 16.5. The second-order valence-electron chi connectivity index (χ2n) is 3.52. The van der Waals surface area contributed by atoms with E-state index in [0.717, 1.165) is 0 Å². The number of nitrogens with two attached hydrogens (primary N) is 1. The summed E-state index contributed by atoms with van der Waals surface area (Å²) < 4.78 is 10.0. The summed E-state index contributed by atoms with van der Waals surface area (Å²) in [6.07, 6.45) is 1.24. The number of aliphatic hydroxyl groups excluding tert-OH is 1. The smallest absolute Gasteiger partial charge is 0.340 e. The van der Waals surface area contributed by atoms with Crippen molar-refractivity contribution in [2.45, 2.75) is 12.8 Å². The van der Waals surface area contributed by atoms with Crippen LogP contribution in [0.1, 0.15) is 23.2 Å². The molecule has 5 nitrogen and oxygen atoms in total. The van der Waals surface area contributed by atoms with E-state index in [4.69, 9.17) is 20.3 Å². The van der Waals surface area contributed by atoms with E-state index in [1.165, 1.54) is 7.11 Å². The molecule has 1 aromatic carbocycles. The molecule has 0 saturated heterocycles. The molecule has 0 aliphatic heterocycles. The molecule has 0 spiro atoms. The van der Waals surface area contributed by atoms with Gasteiger partial charge in [-0.15, -0.1) is 0 Å². The van der Waals surface area contributed by atoms with Crippen LogP contribution in [0.4, 0.5) is 5.69 Å². The number of unbranched alkanes of at least 4 members (excludes halogenated alkanes) is 1. The van der Waals surface area contributed by atoms with E-state index in [1.807, 2.05) is 0 Å². The zero-order chi connectivity index (χ0) is 12.7. The zero-order valence-corrected chi connectivity index (χ0v) is 9.81. The maximum Gasteiger partial charge on any atom is 0.340 e. The number of hydrogen-bond acceptors (Lipinski definition) is 5. The Labute approximate surface area is 100 Å². The Morgan fingerprint density at radius 1 is 1.41 bits per heavy atom. The van der Waals surface area contributed by atoms with E-state index in [0.29, 0.717) is 29.8 Å². The number of anilines is 1. The van der Waals surface area contributed by atoms with Crippen molar-refractivity contribution in [3.05, 3.63) is 23.8 Å². The molecule has 0 radical (unpaired) electrons. The van der Waals surface area contributed by atoms with Crippen molar-refractivity contribution in [2.24, 2.45) is 0 Å². The Hall–Kier alpha value is -1.75. The molecule has 1 aromatic rings. The third-order valence-electron chi connectivity index (χ3n) is 2.27. The Morgan fingerprint density at radius 2 is 2.18 bits per heavy atom. The zero-order valence-electron chi connectivity index (χ0n) is 9.81. The van der Waals surface area contributed by atoms with Crippen LogP contribution in [-0.4, -0.2) is 31.4 Å². The van der Waals surface area contributed by atoms with E-state index in [1.54, 1.807) is 18.2 Å².